The van der Waals surface area contributed by atoms with E-state index in [2.05, 4.69) is 48.0 Å². The normalized spacial score (nSPS) is 10.6. The molecule has 20 heavy (non-hydrogen) atoms. The van der Waals surface area contributed by atoms with Crippen molar-refractivity contribution in [1.29, 1.82) is 0 Å². The van der Waals surface area contributed by atoms with E-state index in [-0.39, 0.29) is 29.4 Å². The molecule has 0 unspecified atom stereocenters. The topological polar surface area (TPSA) is 18.8 Å². The Kier molecular flexibility index (Phi) is 8.09. The van der Waals surface area contributed by atoms with E-state index in [9.17, 15) is 0 Å². The van der Waals surface area contributed by atoms with E-state index in [1.54, 1.807) is 0 Å². The third-order valence-electron chi connectivity index (χ3n) is 3.02. The van der Waals surface area contributed by atoms with Crippen molar-refractivity contribution in [3.8, 4) is 0 Å². The highest BCUT2D eigenvalue weighted by Gasteiger charge is 2.21. The minimum atomic E-state index is 0. The van der Waals surface area contributed by atoms with Crippen molar-refractivity contribution in [2.75, 3.05) is 34.7 Å². The number of nitrogens with zero attached hydrogens (tertiary/aromatic N) is 3. The summed E-state index contributed by atoms with van der Waals surface area (Å²) in [6.07, 6.45) is 0. The Bertz CT molecular complexity index is 446. The zero-order valence-electron chi connectivity index (χ0n) is 13.1. The lowest BCUT2D eigenvalue weighted by Gasteiger charge is -2.27. The van der Waals surface area contributed by atoms with E-state index < -0.39 is 0 Å². The maximum absolute atomic E-state index is 4.75. The van der Waals surface area contributed by atoms with Gasteiger partial charge in [-0.2, -0.15) is 0 Å². The maximum Gasteiger partial charge on any atom is 0.195 e. The summed E-state index contributed by atoms with van der Waals surface area (Å²) >= 11 is 3.53. The van der Waals surface area contributed by atoms with E-state index in [1.165, 1.54) is 5.56 Å². The molecule has 5 heteroatoms. The van der Waals surface area contributed by atoms with Crippen LogP contribution in [-0.4, -0.2) is 50.5 Å². The van der Waals surface area contributed by atoms with Crippen LogP contribution < -0.4 is 0 Å². The molecule has 0 aliphatic rings. The molecule has 0 aliphatic carbocycles. The lowest BCUT2D eigenvalue weighted by molar-refractivity contribution is 0.464. The largest absolute Gasteiger partial charge is 0.349 e. The predicted molar refractivity (Wildman–Crippen MR) is 102 cm³/mol. The number of hydrogen-bond donors (Lipinski definition) is 0. The SMILES string of the molecule is CN(C)C(=NCC(C)(C)c1cccc(Br)c1)N(C)C.I. The Morgan fingerprint density at radius 3 is 2.15 bits per heavy atom. The van der Waals surface area contributed by atoms with Crippen LogP contribution in [-0.2, 0) is 5.41 Å². The second-order valence-corrected chi connectivity index (χ2v) is 6.71. The average molecular weight is 454 g/mol. The van der Waals surface area contributed by atoms with Crippen LogP contribution >= 0.6 is 39.9 Å². The molecule has 0 fully saturated rings. The van der Waals surface area contributed by atoms with Crippen molar-refractivity contribution in [1.82, 2.24) is 9.80 Å². The quantitative estimate of drug-likeness (QED) is 0.393. The summed E-state index contributed by atoms with van der Waals surface area (Å²) in [6.45, 7) is 5.21. The molecule has 1 rings (SSSR count). The van der Waals surface area contributed by atoms with E-state index in [1.807, 2.05) is 44.1 Å². The van der Waals surface area contributed by atoms with Crippen LogP contribution in [0.15, 0.2) is 33.7 Å². The molecule has 0 spiro atoms. The lowest BCUT2D eigenvalue weighted by atomic mass is 9.85. The number of rotatable bonds is 3. The average Bonchev–Trinajstić information content (AvgIpc) is 2.28. The predicted octanol–water partition coefficient (Wildman–Crippen LogP) is 3.82. The minimum absolute atomic E-state index is 0. The monoisotopic (exact) mass is 453 g/mol. The standard InChI is InChI=1S/C15H24BrN3.HI/c1-15(2,12-8-7-9-13(16)10-12)11-17-14(18(3)4)19(5)6;/h7-10H,11H2,1-6H3;1H. The van der Waals surface area contributed by atoms with Gasteiger partial charge in [-0.3, -0.25) is 4.99 Å². The molecule has 1 aromatic carbocycles. The van der Waals surface area contributed by atoms with Gasteiger partial charge in [0.15, 0.2) is 5.96 Å². The molecule has 1 aromatic rings. The fourth-order valence-electron chi connectivity index (χ4n) is 1.95. The fraction of sp³-hybridized carbons (Fsp3) is 0.533. The van der Waals surface area contributed by atoms with Crippen LogP contribution in [0.1, 0.15) is 19.4 Å². The second kappa shape index (κ2) is 8.22. The minimum Gasteiger partial charge on any atom is -0.349 e. The molecule has 0 atom stereocenters. The van der Waals surface area contributed by atoms with Gasteiger partial charge in [-0.25, -0.2) is 0 Å². The van der Waals surface area contributed by atoms with E-state index in [0.717, 1.165) is 17.0 Å². The zero-order chi connectivity index (χ0) is 14.6. The fourth-order valence-corrected chi connectivity index (χ4v) is 2.35. The van der Waals surface area contributed by atoms with E-state index >= 15 is 0 Å². The zero-order valence-corrected chi connectivity index (χ0v) is 17.1. The third kappa shape index (κ3) is 5.60. The first-order valence-electron chi connectivity index (χ1n) is 6.39. The first-order valence-corrected chi connectivity index (χ1v) is 7.18. The highest BCUT2D eigenvalue weighted by molar-refractivity contribution is 14.0. The maximum atomic E-state index is 4.75. The molecule has 0 N–H and O–H groups in total. The molecule has 0 bridgehead atoms. The van der Waals surface area contributed by atoms with Gasteiger partial charge in [0.25, 0.3) is 0 Å². The van der Waals surface area contributed by atoms with Gasteiger partial charge >= 0.3 is 0 Å². The van der Waals surface area contributed by atoms with Crippen molar-refractivity contribution in [2.45, 2.75) is 19.3 Å². The molecule has 0 heterocycles. The summed E-state index contributed by atoms with van der Waals surface area (Å²) in [7, 11) is 8.08. The number of guanidine groups is 1. The van der Waals surface area contributed by atoms with Crippen LogP contribution in [0.4, 0.5) is 0 Å². The Hall–Kier alpha value is -0.300. The molecular formula is C15H25BrIN3. The van der Waals surface area contributed by atoms with Gasteiger partial charge < -0.3 is 9.80 Å². The first kappa shape index (κ1) is 19.7. The van der Waals surface area contributed by atoms with E-state index in [0.29, 0.717) is 0 Å². The van der Waals surface area contributed by atoms with Crippen molar-refractivity contribution in [2.24, 2.45) is 4.99 Å². The highest BCUT2D eigenvalue weighted by Crippen LogP contribution is 2.26. The molecular weight excluding hydrogens is 429 g/mol. The molecule has 114 valence electrons. The Balaban J connectivity index is 0.00000361. The van der Waals surface area contributed by atoms with Gasteiger partial charge in [0.2, 0.25) is 0 Å². The first-order chi connectivity index (χ1) is 8.74. The second-order valence-electron chi connectivity index (χ2n) is 5.80. The molecule has 0 saturated carbocycles. The summed E-state index contributed by atoms with van der Waals surface area (Å²) in [5.41, 5.74) is 1.31. The van der Waals surface area contributed by atoms with E-state index in [4.69, 9.17) is 4.99 Å². The number of benzene rings is 1. The van der Waals surface area contributed by atoms with Gasteiger partial charge in [-0.1, -0.05) is 41.9 Å². The molecule has 3 nitrogen and oxygen atoms in total. The van der Waals surface area contributed by atoms with Gasteiger partial charge in [-0.05, 0) is 17.7 Å². The number of halogens is 2. The highest BCUT2D eigenvalue weighted by atomic mass is 127. The summed E-state index contributed by atoms with van der Waals surface area (Å²) < 4.78 is 1.11. The molecule has 0 aromatic heterocycles. The van der Waals surface area contributed by atoms with Crippen molar-refractivity contribution < 1.29 is 0 Å². The Morgan fingerprint density at radius 2 is 1.70 bits per heavy atom. The third-order valence-corrected chi connectivity index (χ3v) is 3.52. The van der Waals surface area contributed by atoms with Gasteiger partial charge in [0.05, 0.1) is 6.54 Å². The summed E-state index contributed by atoms with van der Waals surface area (Å²) in [5.74, 6) is 0.989. The van der Waals surface area contributed by atoms with Crippen LogP contribution in [0.2, 0.25) is 0 Å². The smallest absolute Gasteiger partial charge is 0.195 e. The van der Waals surface area contributed by atoms with Crippen molar-refractivity contribution in [3.05, 3.63) is 34.3 Å². The van der Waals surface area contributed by atoms with Crippen molar-refractivity contribution >= 4 is 45.9 Å². The van der Waals surface area contributed by atoms with Gasteiger partial charge in [0, 0.05) is 38.1 Å². The molecule has 0 amide bonds. The van der Waals surface area contributed by atoms with Crippen LogP contribution in [0.5, 0.6) is 0 Å². The Labute approximate surface area is 148 Å². The summed E-state index contributed by atoms with van der Waals surface area (Å²) in [4.78, 5) is 8.83. The molecule has 0 radical (unpaired) electrons. The summed E-state index contributed by atoms with van der Waals surface area (Å²) in [5, 5.41) is 0. The number of hydrogen-bond acceptors (Lipinski definition) is 1. The van der Waals surface area contributed by atoms with Crippen LogP contribution in [0, 0.1) is 0 Å². The lowest BCUT2D eigenvalue weighted by Crippen LogP contribution is -2.36. The Morgan fingerprint density at radius 1 is 1.15 bits per heavy atom. The molecule has 0 saturated heterocycles. The molecule has 0 aliphatic heterocycles. The van der Waals surface area contributed by atoms with Gasteiger partial charge in [0.1, 0.15) is 0 Å². The van der Waals surface area contributed by atoms with Gasteiger partial charge in [-0.15, -0.1) is 24.0 Å². The van der Waals surface area contributed by atoms with Crippen molar-refractivity contribution in [3.63, 3.8) is 0 Å². The summed E-state index contributed by atoms with van der Waals surface area (Å²) in [6, 6.07) is 8.45. The van der Waals surface area contributed by atoms with Crippen LogP contribution in [0.25, 0.3) is 0 Å². The van der Waals surface area contributed by atoms with Crippen LogP contribution in [0.3, 0.4) is 0 Å². The number of aliphatic imine (C=N–C) groups is 1.